The summed E-state index contributed by atoms with van der Waals surface area (Å²) in [6, 6.07) is 29.0. The Kier molecular flexibility index (Phi) is 10.6. The standard InChI is InChI=1S/C19H12O6.C19H16O4.C2H6/c20-16-10-5-1-3-7-14(10)24-18(22)12(16)9-13-17(21)11-6-2-4-8-15(11)25-19(13)23;1-12(20)11-15(13-7-3-2-4-8-13)17-18(21)14-9-5-6-10-16(14)23-19(17)22;1-2/h1-8,20-21H,9H2;2-10,15,21H,11H2,1H3;1-2H3. The Bertz CT molecular complexity index is 2390. The van der Waals surface area contributed by atoms with Crippen molar-refractivity contribution in [2.45, 2.75) is 39.5 Å². The van der Waals surface area contributed by atoms with Crippen LogP contribution in [0.3, 0.4) is 0 Å². The van der Waals surface area contributed by atoms with Gasteiger partial charge in [-0.15, -0.1) is 0 Å². The Balaban J connectivity index is 0.000000186. The van der Waals surface area contributed by atoms with E-state index in [1.807, 2.05) is 44.2 Å². The zero-order chi connectivity index (χ0) is 35.9. The number of benzene rings is 4. The third kappa shape index (κ3) is 7.05. The molecule has 0 aliphatic rings. The maximum atomic E-state index is 12.4. The summed E-state index contributed by atoms with van der Waals surface area (Å²) in [5.74, 6) is -1.27. The summed E-state index contributed by atoms with van der Waals surface area (Å²) in [4.78, 5) is 48.5. The number of fused-ring (bicyclic) bond motifs is 3. The molecule has 0 aliphatic carbocycles. The van der Waals surface area contributed by atoms with Crippen LogP contribution in [0, 0.1) is 0 Å². The van der Waals surface area contributed by atoms with E-state index in [-0.39, 0.29) is 63.7 Å². The Labute approximate surface area is 285 Å². The summed E-state index contributed by atoms with van der Waals surface area (Å²) in [5, 5.41) is 32.6. The molecular weight excluding hydrogens is 640 g/mol. The quantitative estimate of drug-likeness (QED) is 0.150. The average molecular weight is 675 g/mol. The van der Waals surface area contributed by atoms with Gasteiger partial charge in [0.15, 0.2) is 0 Å². The van der Waals surface area contributed by atoms with Crippen LogP contribution < -0.4 is 16.9 Å². The van der Waals surface area contributed by atoms with Gasteiger partial charge in [0.05, 0.1) is 32.8 Å². The number of ketones is 1. The Morgan fingerprint density at radius 1 is 0.560 bits per heavy atom. The highest BCUT2D eigenvalue weighted by atomic mass is 16.4. The molecule has 0 bridgehead atoms. The van der Waals surface area contributed by atoms with E-state index < -0.39 is 22.8 Å². The van der Waals surface area contributed by atoms with Gasteiger partial charge in [0.2, 0.25) is 0 Å². The Morgan fingerprint density at radius 3 is 1.38 bits per heavy atom. The van der Waals surface area contributed by atoms with Gasteiger partial charge in [-0.2, -0.15) is 0 Å². The van der Waals surface area contributed by atoms with Crippen LogP contribution in [0.25, 0.3) is 32.9 Å². The lowest BCUT2D eigenvalue weighted by atomic mass is 9.87. The number of hydrogen-bond donors (Lipinski definition) is 3. The number of hydrogen-bond acceptors (Lipinski definition) is 10. The molecule has 4 aromatic carbocycles. The van der Waals surface area contributed by atoms with Crippen LogP contribution in [0.2, 0.25) is 0 Å². The molecule has 3 N–H and O–H groups in total. The van der Waals surface area contributed by atoms with Gasteiger partial charge < -0.3 is 28.6 Å². The molecule has 3 aromatic heterocycles. The molecular formula is C40H34O10. The fourth-order valence-corrected chi connectivity index (χ4v) is 5.65. The van der Waals surface area contributed by atoms with Gasteiger partial charge >= 0.3 is 16.9 Å². The van der Waals surface area contributed by atoms with E-state index in [1.165, 1.54) is 6.92 Å². The van der Waals surface area contributed by atoms with Gasteiger partial charge in [0.1, 0.15) is 39.8 Å². The van der Waals surface area contributed by atoms with Crippen LogP contribution >= 0.6 is 0 Å². The predicted molar refractivity (Wildman–Crippen MR) is 190 cm³/mol. The lowest BCUT2D eigenvalue weighted by Crippen LogP contribution is -2.16. The van der Waals surface area contributed by atoms with Crippen LogP contribution in [-0.4, -0.2) is 21.1 Å². The van der Waals surface area contributed by atoms with Gasteiger partial charge in [0, 0.05) is 18.8 Å². The fraction of sp³-hybridized carbons (Fsp3) is 0.150. The molecule has 3 heterocycles. The molecule has 10 nitrogen and oxygen atoms in total. The van der Waals surface area contributed by atoms with E-state index in [1.54, 1.807) is 72.8 Å². The lowest BCUT2D eigenvalue weighted by molar-refractivity contribution is -0.117. The highest BCUT2D eigenvalue weighted by Crippen LogP contribution is 2.36. The maximum Gasteiger partial charge on any atom is 0.343 e. The minimum Gasteiger partial charge on any atom is -0.507 e. The van der Waals surface area contributed by atoms with Crippen molar-refractivity contribution >= 4 is 38.7 Å². The number of Topliss-reactive ketones (excluding diaryl/α,β-unsaturated/α-hetero) is 1. The van der Waals surface area contributed by atoms with Crippen molar-refractivity contribution in [3.8, 4) is 17.2 Å². The minimum absolute atomic E-state index is 0.0641. The highest BCUT2D eigenvalue weighted by Gasteiger charge is 2.26. The SMILES string of the molecule is CC.CC(=O)CC(c1ccccc1)c1c(O)c2ccccc2oc1=O.O=c1oc2ccccc2c(O)c1Cc1c(O)c2ccccc2oc1=O. The van der Waals surface area contributed by atoms with Crippen molar-refractivity contribution in [3.05, 3.63) is 157 Å². The number of aromatic hydroxyl groups is 3. The zero-order valence-corrected chi connectivity index (χ0v) is 27.5. The van der Waals surface area contributed by atoms with Crippen molar-refractivity contribution in [2.75, 3.05) is 0 Å². The molecule has 0 fully saturated rings. The average Bonchev–Trinajstić information content (AvgIpc) is 3.12. The van der Waals surface area contributed by atoms with Crippen LogP contribution in [0.1, 0.15) is 55.4 Å². The second-order valence-electron chi connectivity index (χ2n) is 11.1. The number of rotatable bonds is 6. The molecule has 0 saturated carbocycles. The first-order chi connectivity index (χ1) is 24.1. The topological polar surface area (TPSA) is 168 Å². The van der Waals surface area contributed by atoms with Gasteiger partial charge in [-0.25, -0.2) is 14.4 Å². The summed E-state index contributed by atoms with van der Waals surface area (Å²) < 4.78 is 15.7. The summed E-state index contributed by atoms with van der Waals surface area (Å²) in [6.07, 6.45) is -0.182. The Hall–Kier alpha value is -6.42. The van der Waals surface area contributed by atoms with Crippen molar-refractivity contribution in [1.29, 1.82) is 0 Å². The van der Waals surface area contributed by atoms with Gasteiger partial charge in [-0.3, -0.25) is 4.79 Å². The second kappa shape index (κ2) is 15.2. The van der Waals surface area contributed by atoms with E-state index in [0.717, 1.165) is 5.56 Å². The minimum atomic E-state index is -0.775. The van der Waals surface area contributed by atoms with Gasteiger partial charge in [0.25, 0.3) is 0 Å². The fourth-order valence-electron chi connectivity index (χ4n) is 5.65. The van der Waals surface area contributed by atoms with Crippen LogP contribution in [-0.2, 0) is 11.2 Å². The lowest BCUT2D eigenvalue weighted by Gasteiger charge is -2.17. The van der Waals surface area contributed by atoms with Crippen molar-refractivity contribution < 1.29 is 33.4 Å². The van der Waals surface area contributed by atoms with Gasteiger partial charge in [-0.05, 0) is 48.9 Å². The smallest absolute Gasteiger partial charge is 0.343 e. The molecule has 10 heteroatoms. The van der Waals surface area contributed by atoms with Crippen LogP contribution in [0.15, 0.2) is 131 Å². The van der Waals surface area contributed by atoms with E-state index >= 15 is 0 Å². The normalized spacial score (nSPS) is 11.3. The molecule has 254 valence electrons. The monoisotopic (exact) mass is 674 g/mol. The summed E-state index contributed by atoms with van der Waals surface area (Å²) in [7, 11) is 0. The number of para-hydroxylation sites is 3. The molecule has 0 spiro atoms. The van der Waals surface area contributed by atoms with Crippen LogP contribution in [0.4, 0.5) is 0 Å². The van der Waals surface area contributed by atoms with Crippen molar-refractivity contribution in [1.82, 2.24) is 0 Å². The van der Waals surface area contributed by atoms with Crippen molar-refractivity contribution in [3.63, 3.8) is 0 Å². The molecule has 1 unspecified atom stereocenters. The van der Waals surface area contributed by atoms with Crippen LogP contribution in [0.5, 0.6) is 17.2 Å². The molecule has 0 aliphatic heterocycles. The third-order valence-electron chi connectivity index (χ3n) is 7.97. The molecule has 0 amide bonds. The third-order valence-corrected chi connectivity index (χ3v) is 7.97. The second-order valence-corrected chi connectivity index (χ2v) is 11.1. The first kappa shape index (κ1) is 34.9. The molecule has 1 atom stereocenters. The molecule has 7 rings (SSSR count). The Morgan fingerprint density at radius 2 is 0.940 bits per heavy atom. The zero-order valence-electron chi connectivity index (χ0n) is 27.5. The summed E-state index contributed by atoms with van der Waals surface area (Å²) in [6.45, 7) is 5.47. The largest absolute Gasteiger partial charge is 0.507 e. The van der Waals surface area contributed by atoms with E-state index in [2.05, 4.69) is 0 Å². The molecule has 7 aromatic rings. The first-order valence-electron chi connectivity index (χ1n) is 15.9. The van der Waals surface area contributed by atoms with E-state index in [0.29, 0.717) is 21.7 Å². The molecule has 50 heavy (non-hydrogen) atoms. The number of carbonyl (C=O) groups excluding carboxylic acids is 1. The van der Waals surface area contributed by atoms with E-state index in [9.17, 15) is 34.5 Å². The van der Waals surface area contributed by atoms with E-state index in [4.69, 9.17) is 13.3 Å². The highest BCUT2D eigenvalue weighted by molar-refractivity contribution is 5.86. The molecule has 0 saturated heterocycles. The maximum absolute atomic E-state index is 12.4. The summed E-state index contributed by atoms with van der Waals surface area (Å²) >= 11 is 0. The molecule has 0 radical (unpaired) electrons. The number of carbonyl (C=O) groups is 1. The van der Waals surface area contributed by atoms with Crippen molar-refractivity contribution in [2.24, 2.45) is 0 Å². The predicted octanol–water partition coefficient (Wildman–Crippen LogP) is 7.54. The first-order valence-corrected chi connectivity index (χ1v) is 15.9. The summed E-state index contributed by atoms with van der Waals surface area (Å²) in [5.41, 5.74) is -0.665. The van der Waals surface area contributed by atoms with Gasteiger partial charge in [-0.1, -0.05) is 80.6 Å².